The van der Waals surface area contributed by atoms with E-state index in [1.165, 1.54) is 19.3 Å². The van der Waals surface area contributed by atoms with Gasteiger partial charge in [0, 0.05) is 11.3 Å². The van der Waals surface area contributed by atoms with Crippen LogP contribution < -0.4 is 15.5 Å². The van der Waals surface area contributed by atoms with Crippen LogP contribution in [0.2, 0.25) is 0 Å². The molecule has 4 aliphatic rings. The largest absolute Gasteiger partial charge is 0.484 e. The van der Waals surface area contributed by atoms with E-state index in [1.807, 2.05) is 18.2 Å². The molecule has 150 valence electrons. The van der Waals surface area contributed by atoms with Crippen LogP contribution in [0.3, 0.4) is 0 Å². The molecule has 2 N–H and O–H groups in total. The van der Waals surface area contributed by atoms with E-state index in [0.29, 0.717) is 11.5 Å². The summed E-state index contributed by atoms with van der Waals surface area (Å²) in [5.41, 5.74) is 3.07. The topological polar surface area (TPSA) is 79.8 Å². The average molecular weight is 383 g/mol. The van der Waals surface area contributed by atoms with Gasteiger partial charge >= 0.3 is 0 Å². The Morgan fingerprint density at radius 1 is 1.04 bits per heavy atom. The first kappa shape index (κ1) is 19.0. The standard InChI is InChI=1S/C22H29N3O3/c1-15(24-25-21(27)14-28-19-5-3-2-4-6-19)7-20(26)23-22-11-16-8-17(12-22)10-18(9-16)13-22/h2-6,16-18H,7-14H2,1H3,(H,23,26)(H,25,27)/b24-15+. The number of nitrogens with one attached hydrogen (secondary N) is 2. The van der Waals surface area contributed by atoms with Gasteiger partial charge in [0.15, 0.2) is 6.61 Å². The van der Waals surface area contributed by atoms with E-state index in [0.717, 1.165) is 37.0 Å². The zero-order chi connectivity index (χ0) is 19.6. The van der Waals surface area contributed by atoms with Crippen molar-refractivity contribution in [1.82, 2.24) is 10.7 Å². The average Bonchev–Trinajstić information content (AvgIpc) is 2.64. The summed E-state index contributed by atoms with van der Waals surface area (Å²) >= 11 is 0. The Morgan fingerprint density at radius 2 is 1.64 bits per heavy atom. The maximum Gasteiger partial charge on any atom is 0.277 e. The number of carbonyl (C=O) groups is 2. The van der Waals surface area contributed by atoms with Crippen LogP contribution in [0.4, 0.5) is 0 Å². The number of hydrogen-bond acceptors (Lipinski definition) is 4. The fourth-order valence-corrected chi connectivity index (χ4v) is 5.73. The zero-order valence-electron chi connectivity index (χ0n) is 16.4. The predicted octanol–water partition coefficient (Wildman–Crippen LogP) is 3.03. The molecule has 4 fully saturated rings. The molecule has 0 aliphatic heterocycles. The normalized spacial score (nSPS) is 30.8. The summed E-state index contributed by atoms with van der Waals surface area (Å²) in [5, 5.41) is 7.38. The van der Waals surface area contributed by atoms with E-state index in [4.69, 9.17) is 4.74 Å². The zero-order valence-corrected chi connectivity index (χ0v) is 16.4. The number of amides is 2. The highest BCUT2D eigenvalue weighted by Crippen LogP contribution is 2.55. The minimum absolute atomic E-state index is 0.0120. The highest BCUT2D eigenvalue weighted by atomic mass is 16.5. The van der Waals surface area contributed by atoms with Crippen LogP contribution in [-0.4, -0.2) is 29.7 Å². The lowest BCUT2D eigenvalue weighted by Crippen LogP contribution is -2.60. The van der Waals surface area contributed by atoms with Crippen molar-refractivity contribution in [3.05, 3.63) is 30.3 Å². The minimum Gasteiger partial charge on any atom is -0.484 e. The Balaban J connectivity index is 1.22. The van der Waals surface area contributed by atoms with Gasteiger partial charge in [-0.15, -0.1) is 0 Å². The van der Waals surface area contributed by atoms with Crippen molar-refractivity contribution in [2.24, 2.45) is 22.9 Å². The second kappa shape index (κ2) is 7.94. The van der Waals surface area contributed by atoms with Gasteiger partial charge in [0.05, 0.1) is 6.42 Å². The van der Waals surface area contributed by atoms with Gasteiger partial charge in [0.1, 0.15) is 5.75 Å². The van der Waals surface area contributed by atoms with E-state index in [-0.39, 0.29) is 30.4 Å². The van der Waals surface area contributed by atoms with Crippen LogP contribution in [-0.2, 0) is 9.59 Å². The molecule has 28 heavy (non-hydrogen) atoms. The number of hydrazone groups is 1. The van der Waals surface area contributed by atoms with Crippen LogP contribution in [0, 0.1) is 17.8 Å². The third kappa shape index (κ3) is 4.54. The van der Waals surface area contributed by atoms with Gasteiger partial charge in [0.25, 0.3) is 5.91 Å². The van der Waals surface area contributed by atoms with E-state index in [9.17, 15) is 9.59 Å². The van der Waals surface area contributed by atoms with Crippen LogP contribution in [0.15, 0.2) is 35.4 Å². The minimum atomic E-state index is -0.343. The van der Waals surface area contributed by atoms with Crippen LogP contribution >= 0.6 is 0 Å². The number of benzene rings is 1. The summed E-state index contributed by atoms with van der Waals surface area (Å²) < 4.78 is 5.38. The molecule has 6 heteroatoms. The number of rotatable bonds is 7. The van der Waals surface area contributed by atoms with Crippen LogP contribution in [0.5, 0.6) is 5.75 Å². The highest BCUT2D eigenvalue weighted by Gasteiger charge is 2.51. The first-order valence-electron chi connectivity index (χ1n) is 10.3. The van der Waals surface area contributed by atoms with Gasteiger partial charge in [0.2, 0.25) is 5.91 Å². The SMILES string of the molecule is C/C(CC(=O)NC12CC3CC(CC(C3)C1)C2)=N\NC(=O)COc1ccccc1. The van der Waals surface area contributed by atoms with Crippen LogP contribution in [0.25, 0.3) is 0 Å². The molecule has 5 rings (SSSR count). The molecule has 6 nitrogen and oxygen atoms in total. The molecule has 0 unspecified atom stereocenters. The Morgan fingerprint density at radius 3 is 2.25 bits per heavy atom. The van der Waals surface area contributed by atoms with Crippen molar-refractivity contribution in [3.63, 3.8) is 0 Å². The van der Waals surface area contributed by atoms with Crippen molar-refractivity contribution < 1.29 is 14.3 Å². The molecule has 1 aromatic carbocycles. The molecule has 0 atom stereocenters. The van der Waals surface area contributed by atoms with E-state index < -0.39 is 0 Å². The van der Waals surface area contributed by atoms with Crippen molar-refractivity contribution in [2.75, 3.05) is 6.61 Å². The molecule has 0 heterocycles. The maximum absolute atomic E-state index is 12.6. The smallest absolute Gasteiger partial charge is 0.277 e. The van der Waals surface area contributed by atoms with Crippen molar-refractivity contribution >= 4 is 17.5 Å². The second-order valence-corrected chi connectivity index (χ2v) is 8.91. The van der Waals surface area contributed by atoms with Gasteiger partial charge in [-0.25, -0.2) is 5.43 Å². The predicted molar refractivity (Wildman–Crippen MR) is 107 cm³/mol. The molecule has 4 aliphatic carbocycles. The van der Waals surface area contributed by atoms with Crippen molar-refractivity contribution in [2.45, 2.75) is 57.4 Å². The molecular formula is C22H29N3O3. The molecule has 1 aromatic rings. The summed E-state index contributed by atoms with van der Waals surface area (Å²) in [6.45, 7) is 1.65. The monoisotopic (exact) mass is 383 g/mol. The Hall–Kier alpha value is -2.37. The fourth-order valence-electron chi connectivity index (χ4n) is 5.73. The third-order valence-corrected chi connectivity index (χ3v) is 6.34. The Bertz CT molecular complexity index is 724. The highest BCUT2D eigenvalue weighted by molar-refractivity contribution is 6.00. The van der Waals surface area contributed by atoms with Gasteiger partial charge in [-0.3, -0.25) is 9.59 Å². The summed E-state index contributed by atoms with van der Waals surface area (Å²) in [7, 11) is 0. The molecule has 4 saturated carbocycles. The van der Waals surface area contributed by atoms with Crippen molar-refractivity contribution in [3.8, 4) is 5.75 Å². The first-order valence-corrected chi connectivity index (χ1v) is 10.3. The lowest BCUT2D eigenvalue weighted by molar-refractivity contribution is -0.126. The van der Waals surface area contributed by atoms with Gasteiger partial charge in [-0.05, 0) is 75.3 Å². The molecule has 0 radical (unpaired) electrons. The van der Waals surface area contributed by atoms with Crippen LogP contribution in [0.1, 0.15) is 51.9 Å². The van der Waals surface area contributed by atoms with E-state index >= 15 is 0 Å². The number of carbonyl (C=O) groups excluding carboxylic acids is 2. The number of ether oxygens (including phenoxy) is 1. The number of para-hydroxylation sites is 1. The van der Waals surface area contributed by atoms with Gasteiger partial charge < -0.3 is 10.1 Å². The second-order valence-electron chi connectivity index (χ2n) is 8.91. The molecule has 0 spiro atoms. The van der Waals surface area contributed by atoms with Crippen molar-refractivity contribution in [1.29, 1.82) is 0 Å². The van der Waals surface area contributed by atoms with Gasteiger partial charge in [-0.1, -0.05) is 18.2 Å². The molecule has 0 saturated heterocycles. The Labute approximate surface area is 166 Å². The fraction of sp³-hybridized carbons (Fsp3) is 0.591. The number of nitrogens with zero attached hydrogens (tertiary/aromatic N) is 1. The first-order chi connectivity index (χ1) is 13.5. The lowest BCUT2D eigenvalue weighted by Gasteiger charge is -2.56. The summed E-state index contributed by atoms with van der Waals surface area (Å²) in [5.74, 6) is 2.69. The molecule has 4 bridgehead atoms. The quantitative estimate of drug-likeness (QED) is 0.561. The van der Waals surface area contributed by atoms with E-state index in [2.05, 4.69) is 15.8 Å². The molecular weight excluding hydrogens is 354 g/mol. The molecule has 2 amide bonds. The summed E-state index contributed by atoms with van der Waals surface area (Å²) in [4.78, 5) is 24.4. The van der Waals surface area contributed by atoms with E-state index in [1.54, 1.807) is 19.1 Å². The maximum atomic E-state index is 12.6. The number of hydrogen-bond donors (Lipinski definition) is 2. The summed E-state index contributed by atoms with van der Waals surface area (Å²) in [6, 6.07) is 9.15. The Kier molecular flexibility index (Phi) is 5.38. The lowest BCUT2D eigenvalue weighted by atomic mass is 9.53. The summed E-state index contributed by atoms with van der Waals surface area (Å²) in [6.07, 6.45) is 7.67. The molecule has 0 aromatic heterocycles. The third-order valence-electron chi connectivity index (χ3n) is 6.34. The van der Waals surface area contributed by atoms with Gasteiger partial charge in [-0.2, -0.15) is 5.10 Å².